The average molecular weight is 979 g/mol. The fourth-order valence-electron chi connectivity index (χ4n) is 10.1. The van der Waals surface area contributed by atoms with Crippen LogP contribution in [-0.2, 0) is 31.1 Å². The molecule has 0 spiro atoms. The van der Waals surface area contributed by atoms with Crippen LogP contribution < -0.4 is 15.4 Å². The molecule has 19 heteroatoms. The van der Waals surface area contributed by atoms with Crippen molar-refractivity contribution >= 4 is 56.1 Å². The molecule has 1 unspecified atom stereocenters. The first-order valence-corrected chi connectivity index (χ1v) is 25.7. The van der Waals surface area contributed by atoms with Crippen molar-refractivity contribution in [3.63, 3.8) is 0 Å². The highest BCUT2D eigenvalue weighted by molar-refractivity contribution is 7.90. The number of hydrogen-bond donors (Lipinski definition) is 4. The zero-order chi connectivity index (χ0) is 49.1. The van der Waals surface area contributed by atoms with Gasteiger partial charge in [-0.05, 0) is 98.1 Å². The number of rotatable bonds is 15. The molecule has 4 N–H and O–H groups in total. The van der Waals surface area contributed by atoms with Gasteiger partial charge in [-0.1, -0.05) is 43.3 Å². The molecule has 2 aromatic heterocycles. The van der Waals surface area contributed by atoms with Gasteiger partial charge in [0.1, 0.15) is 17.5 Å². The molecule has 370 valence electrons. The summed E-state index contributed by atoms with van der Waals surface area (Å²) >= 11 is 0. The molecule has 16 nitrogen and oxygen atoms in total. The van der Waals surface area contributed by atoms with Gasteiger partial charge in [-0.3, -0.25) is 43.9 Å². The van der Waals surface area contributed by atoms with Gasteiger partial charge in [-0.25, -0.2) is 13.8 Å². The van der Waals surface area contributed by atoms with Crippen molar-refractivity contribution in [1.29, 1.82) is 0 Å². The van der Waals surface area contributed by atoms with Crippen LogP contribution in [0.1, 0.15) is 78.4 Å². The third-order valence-electron chi connectivity index (χ3n) is 14.5. The van der Waals surface area contributed by atoms with Crippen LogP contribution in [0.25, 0.3) is 22.2 Å². The maximum atomic E-state index is 15.7. The van der Waals surface area contributed by atoms with E-state index in [2.05, 4.69) is 64.3 Å². The predicted molar refractivity (Wildman–Crippen MR) is 263 cm³/mol. The van der Waals surface area contributed by atoms with E-state index < -0.39 is 44.9 Å². The van der Waals surface area contributed by atoms with Crippen molar-refractivity contribution in [1.82, 2.24) is 39.2 Å². The quantitative estimate of drug-likeness (QED) is 0.0763. The number of aromatic amines is 1. The fourth-order valence-corrected chi connectivity index (χ4v) is 11.1. The van der Waals surface area contributed by atoms with E-state index in [9.17, 15) is 27.6 Å². The molecular formula is C51H60F2N10O6S. The van der Waals surface area contributed by atoms with E-state index in [0.29, 0.717) is 47.9 Å². The number of aromatic nitrogens is 2. The van der Waals surface area contributed by atoms with Gasteiger partial charge in [0.2, 0.25) is 23.5 Å². The summed E-state index contributed by atoms with van der Waals surface area (Å²) in [4.78, 5) is 67.5. The summed E-state index contributed by atoms with van der Waals surface area (Å²) in [5.74, 6) is -3.24. The number of nitrogens with one attached hydrogen (secondary N) is 4. The predicted octanol–water partition coefficient (Wildman–Crippen LogP) is 5.55. The summed E-state index contributed by atoms with van der Waals surface area (Å²) in [5, 5.41) is 6.01. The molecule has 3 aromatic carbocycles. The number of imide groups is 1. The molecular weight excluding hydrogens is 919 g/mol. The number of likely N-dealkylation sites (tertiary alicyclic amines) is 2. The first kappa shape index (κ1) is 48.9. The minimum atomic E-state index is -4.13. The van der Waals surface area contributed by atoms with E-state index >= 15 is 8.78 Å². The fraction of sp³-hybridized carbons (Fsp3) is 0.431. The van der Waals surface area contributed by atoms with Crippen LogP contribution in [0.5, 0.6) is 0 Å². The SMILES string of the molecule is CCN(C)S(=O)(=O)Nc1ccc(F)c(C(=O)c2c[nH]c3ncc(-c4ccc(CN5CCN(C6CCN(C(=O)CN7CCC(c8ccc(NC9CCC(=O)NC9=O)cc8)CC7)CC6)CC5)cc4)cc23)c1F. The van der Waals surface area contributed by atoms with Crippen molar-refractivity contribution < 1.29 is 36.4 Å². The van der Waals surface area contributed by atoms with Crippen LogP contribution in [0, 0.1) is 11.6 Å². The number of pyridine rings is 1. The topological polar surface area (TPSA) is 183 Å². The number of piperazine rings is 1. The number of ketones is 1. The number of amides is 3. The Hall–Kier alpha value is -6.12. The number of hydrogen-bond acceptors (Lipinski definition) is 11. The molecule has 0 radical (unpaired) electrons. The lowest BCUT2D eigenvalue weighted by molar-refractivity contribution is -0.135. The summed E-state index contributed by atoms with van der Waals surface area (Å²) in [6, 6.07) is 20.0. The Kier molecular flexibility index (Phi) is 14.7. The van der Waals surface area contributed by atoms with Gasteiger partial charge in [-0.2, -0.15) is 12.7 Å². The standard InChI is InChI=1S/C51H60F2N10O6S/c1-3-59(2)70(68,69)58-43-13-12-42(52)47(48(43)53)49(66)41-30-55-50-40(41)28-37(29-54-50)35-6-4-33(5-7-35)31-61-24-26-62(27-25-61)39-18-22-63(23-19-39)46(65)32-60-20-16-36(17-21-60)34-8-10-38(11-9-34)56-44-14-15-45(64)57-51(44)67/h4-13,28-30,36,39,44,56,58H,3,14-27,31-32H2,1-2H3,(H,54,55)(H,57,64,67). The van der Waals surface area contributed by atoms with E-state index in [1.54, 1.807) is 19.2 Å². The van der Waals surface area contributed by atoms with Gasteiger partial charge in [0.15, 0.2) is 5.82 Å². The number of H-pyrrole nitrogens is 1. The van der Waals surface area contributed by atoms with E-state index in [1.807, 2.05) is 29.2 Å². The second-order valence-corrected chi connectivity index (χ2v) is 20.7. The monoisotopic (exact) mass is 978 g/mol. The van der Waals surface area contributed by atoms with Crippen LogP contribution in [0.15, 0.2) is 79.1 Å². The molecule has 3 amide bonds. The minimum absolute atomic E-state index is 0.00364. The smallest absolute Gasteiger partial charge is 0.301 e. The van der Waals surface area contributed by atoms with Crippen molar-refractivity contribution in [2.75, 3.05) is 82.5 Å². The normalized spacial score (nSPS) is 19.4. The second-order valence-electron chi connectivity index (χ2n) is 18.9. The van der Waals surface area contributed by atoms with Crippen molar-refractivity contribution in [3.05, 3.63) is 113 Å². The lowest BCUT2D eigenvalue weighted by Crippen LogP contribution is -2.54. The number of halogens is 2. The number of piperidine rings is 3. The van der Waals surface area contributed by atoms with Crippen molar-refractivity contribution in [2.24, 2.45) is 0 Å². The number of fused-ring (bicyclic) bond motifs is 1. The molecule has 0 saturated carbocycles. The maximum Gasteiger partial charge on any atom is 0.301 e. The van der Waals surface area contributed by atoms with Crippen LogP contribution in [0.4, 0.5) is 20.2 Å². The lowest BCUT2D eigenvalue weighted by Gasteiger charge is -2.43. The molecule has 6 heterocycles. The maximum absolute atomic E-state index is 15.7. The first-order valence-electron chi connectivity index (χ1n) is 24.2. The largest absolute Gasteiger partial charge is 0.374 e. The number of nitrogens with zero attached hydrogens (tertiary/aromatic N) is 6. The molecule has 5 aromatic rings. The van der Waals surface area contributed by atoms with Crippen molar-refractivity contribution in [3.8, 4) is 11.1 Å². The Labute approximate surface area is 407 Å². The first-order chi connectivity index (χ1) is 33.7. The summed E-state index contributed by atoms with van der Waals surface area (Å²) in [5.41, 5.74) is 3.79. The highest BCUT2D eigenvalue weighted by Crippen LogP contribution is 2.32. The summed E-state index contributed by atoms with van der Waals surface area (Å²) in [7, 11) is -2.82. The van der Waals surface area contributed by atoms with Gasteiger partial charge in [0, 0.05) is 106 Å². The van der Waals surface area contributed by atoms with Gasteiger partial charge in [0.05, 0.1) is 17.8 Å². The van der Waals surface area contributed by atoms with Crippen LogP contribution >= 0.6 is 0 Å². The van der Waals surface area contributed by atoms with Crippen LogP contribution in [-0.4, -0.2) is 150 Å². The summed E-state index contributed by atoms with van der Waals surface area (Å²) < 4.78 is 58.9. The van der Waals surface area contributed by atoms with Crippen LogP contribution in [0.2, 0.25) is 0 Å². The Morgan fingerprint density at radius 2 is 1.56 bits per heavy atom. The molecule has 1 atom stereocenters. The summed E-state index contributed by atoms with van der Waals surface area (Å²) in [6.07, 6.45) is 7.78. The Morgan fingerprint density at radius 1 is 0.843 bits per heavy atom. The number of carbonyl (C=O) groups excluding carboxylic acids is 4. The van der Waals surface area contributed by atoms with E-state index in [4.69, 9.17) is 0 Å². The summed E-state index contributed by atoms with van der Waals surface area (Å²) in [6.45, 7) is 10.1. The number of benzene rings is 3. The van der Waals surface area contributed by atoms with E-state index in [1.165, 1.54) is 18.8 Å². The molecule has 9 rings (SSSR count). The van der Waals surface area contributed by atoms with E-state index in [-0.39, 0.29) is 29.8 Å². The van der Waals surface area contributed by atoms with Gasteiger partial charge >= 0.3 is 10.2 Å². The third kappa shape index (κ3) is 10.9. The number of anilines is 2. The van der Waals surface area contributed by atoms with E-state index in [0.717, 1.165) is 118 Å². The molecule has 4 saturated heterocycles. The van der Waals surface area contributed by atoms with Crippen molar-refractivity contribution in [2.45, 2.75) is 70.0 Å². The molecule has 4 fully saturated rings. The number of carbonyl (C=O) groups is 4. The molecule has 0 bridgehead atoms. The Bertz CT molecular complexity index is 2840. The zero-order valence-electron chi connectivity index (χ0n) is 39.6. The van der Waals surface area contributed by atoms with Gasteiger partial charge in [0.25, 0.3) is 0 Å². The highest BCUT2D eigenvalue weighted by Gasteiger charge is 2.32. The molecule has 4 aliphatic rings. The zero-order valence-corrected chi connectivity index (χ0v) is 40.4. The molecule has 4 aliphatic heterocycles. The third-order valence-corrected chi connectivity index (χ3v) is 16.1. The Balaban J connectivity index is 0.712. The molecule has 70 heavy (non-hydrogen) atoms. The van der Waals surface area contributed by atoms with Gasteiger partial charge in [-0.15, -0.1) is 0 Å². The molecule has 0 aliphatic carbocycles. The van der Waals surface area contributed by atoms with Gasteiger partial charge < -0.3 is 15.2 Å². The lowest BCUT2D eigenvalue weighted by atomic mass is 9.89. The highest BCUT2D eigenvalue weighted by atomic mass is 32.2. The second kappa shape index (κ2) is 21.1. The minimum Gasteiger partial charge on any atom is -0.374 e. The average Bonchev–Trinajstić information content (AvgIpc) is 3.80. The Morgan fingerprint density at radius 3 is 2.24 bits per heavy atom. The van der Waals surface area contributed by atoms with Crippen LogP contribution in [0.3, 0.4) is 0 Å².